The van der Waals surface area contributed by atoms with Crippen LogP contribution < -0.4 is 0 Å². The summed E-state index contributed by atoms with van der Waals surface area (Å²) in [4.78, 5) is 15.2. The van der Waals surface area contributed by atoms with E-state index in [1.165, 1.54) is 12.1 Å². The molecule has 0 fully saturated rings. The Morgan fingerprint density at radius 1 is 0.897 bits per heavy atom. The first-order chi connectivity index (χ1) is 14.2. The maximum Gasteiger partial charge on any atom is 0.269 e. The van der Waals surface area contributed by atoms with Crippen molar-refractivity contribution >= 4 is 28.7 Å². The highest BCUT2D eigenvalue weighted by atomic mass is 16.6. The third kappa shape index (κ3) is 2.94. The van der Waals surface area contributed by atoms with E-state index < -0.39 is 4.92 Å². The lowest BCUT2D eigenvalue weighted by Gasteiger charge is -1.98. The van der Waals surface area contributed by atoms with Crippen LogP contribution in [0, 0.1) is 10.1 Å². The summed E-state index contributed by atoms with van der Waals surface area (Å²) in [6, 6.07) is 24.2. The van der Waals surface area contributed by atoms with Crippen LogP contribution >= 0.6 is 0 Å². The van der Waals surface area contributed by atoms with Gasteiger partial charge in [0.25, 0.3) is 5.69 Å². The summed E-state index contributed by atoms with van der Waals surface area (Å²) in [5.41, 5.74) is 4.64. The van der Waals surface area contributed by atoms with Crippen molar-refractivity contribution in [1.82, 2.24) is 14.1 Å². The molecular weight excluding hydrogens is 366 g/mol. The molecule has 0 saturated heterocycles. The summed E-state index contributed by atoms with van der Waals surface area (Å²) >= 11 is 0. The number of aromatic nitrogens is 3. The van der Waals surface area contributed by atoms with E-state index in [4.69, 9.17) is 4.98 Å². The molecule has 7 heteroatoms. The first kappa shape index (κ1) is 16.9. The molecule has 0 saturated carbocycles. The van der Waals surface area contributed by atoms with E-state index in [-0.39, 0.29) is 5.69 Å². The topological polar surface area (TPSA) is 77.7 Å². The summed E-state index contributed by atoms with van der Waals surface area (Å²) in [5.74, 6) is 0.697. The van der Waals surface area contributed by atoms with E-state index in [0.717, 1.165) is 27.9 Å². The molecule has 0 spiro atoms. The van der Waals surface area contributed by atoms with Gasteiger partial charge in [-0.25, -0.2) is 4.98 Å². The average Bonchev–Trinajstić information content (AvgIpc) is 3.31. The second-order valence-electron chi connectivity index (χ2n) is 6.56. The van der Waals surface area contributed by atoms with Crippen molar-refractivity contribution in [3.8, 4) is 11.3 Å². The second kappa shape index (κ2) is 6.72. The van der Waals surface area contributed by atoms with Crippen LogP contribution in [0.15, 0.2) is 90.2 Å². The van der Waals surface area contributed by atoms with E-state index in [2.05, 4.69) is 5.10 Å². The van der Waals surface area contributed by atoms with Gasteiger partial charge in [0, 0.05) is 23.9 Å². The zero-order chi connectivity index (χ0) is 19.8. The standard InChI is InChI=1S/C22H15N5O2/c28-27(29)18-12-10-16(11-13-18)14-23-26-21-9-5-4-8-20(21)25-15-19(24-22(25)26)17-6-2-1-3-7-17/h1-15H/b23-14-. The highest BCUT2D eigenvalue weighted by Gasteiger charge is 2.14. The smallest absolute Gasteiger partial charge is 0.269 e. The van der Waals surface area contributed by atoms with E-state index in [1.54, 1.807) is 23.0 Å². The fourth-order valence-electron chi connectivity index (χ4n) is 3.32. The Bertz CT molecular complexity index is 1370. The van der Waals surface area contributed by atoms with Crippen LogP contribution in [0.3, 0.4) is 0 Å². The van der Waals surface area contributed by atoms with Crippen molar-refractivity contribution < 1.29 is 4.92 Å². The minimum Gasteiger partial charge on any atom is -0.282 e. The highest BCUT2D eigenvalue weighted by Crippen LogP contribution is 2.25. The minimum atomic E-state index is -0.417. The number of benzene rings is 3. The van der Waals surface area contributed by atoms with Crippen LogP contribution in [0.1, 0.15) is 5.56 Å². The Morgan fingerprint density at radius 3 is 2.31 bits per heavy atom. The molecule has 2 heterocycles. The van der Waals surface area contributed by atoms with Crippen LogP contribution in [-0.2, 0) is 0 Å². The normalized spacial score (nSPS) is 11.6. The Labute approximate surface area is 165 Å². The first-order valence-electron chi connectivity index (χ1n) is 9.03. The van der Waals surface area contributed by atoms with Crippen molar-refractivity contribution in [1.29, 1.82) is 0 Å². The van der Waals surface area contributed by atoms with Gasteiger partial charge in [-0.15, -0.1) is 0 Å². The number of imidazole rings is 2. The summed E-state index contributed by atoms with van der Waals surface area (Å²) in [6.07, 6.45) is 3.68. The quantitative estimate of drug-likeness (QED) is 0.256. The Morgan fingerprint density at radius 2 is 1.59 bits per heavy atom. The number of nitro benzene ring substituents is 1. The van der Waals surface area contributed by atoms with Gasteiger partial charge in [-0.05, 0) is 29.8 Å². The molecule has 5 aromatic rings. The van der Waals surface area contributed by atoms with Gasteiger partial charge >= 0.3 is 0 Å². The average molecular weight is 381 g/mol. The Balaban J connectivity index is 1.63. The minimum absolute atomic E-state index is 0.0525. The van der Waals surface area contributed by atoms with Crippen LogP contribution in [-0.4, -0.2) is 25.2 Å². The number of para-hydroxylation sites is 2. The molecule has 0 unspecified atom stereocenters. The summed E-state index contributed by atoms with van der Waals surface area (Å²) in [6.45, 7) is 0. The van der Waals surface area contributed by atoms with E-state index in [0.29, 0.717) is 5.78 Å². The number of nitro groups is 1. The predicted molar refractivity (Wildman–Crippen MR) is 112 cm³/mol. The van der Waals surface area contributed by atoms with Crippen molar-refractivity contribution in [2.75, 3.05) is 0 Å². The number of non-ortho nitro benzene ring substituents is 1. The second-order valence-corrected chi connectivity index (χ2v) is 6.56. The van der Waals surface area contributed by atoms with Crippen molar-refractivity contribution in [2.24, 2.45) is 5.10 Å². The van der Waals surface area contributed by atoms with E-state index in [1.807, 2.05) is 65.2 Å². The van der Waals surface area contributed by atoms with Crippen LogP contribution in [0.4, 0.5) is 5.69 Å². The zero-order valence-corrected chi connectivity index (χ0v) is 15.2. The van der Waals surface area contributed by atoms with Crippen molar-refractivity contribution in [2.45, 2.75) is 0 Å². The molecule has 0 amide bonds. The molecule has 0 bridgehead atoms. The largest absolute Gasteiger partial charge is 0.282 e. The molecule has 5 rings (SSSR count). The van der Waals surface area contributed by atoms with Crippen LogP contribution in [0.5, 0.6) is 0 Å². The maximum absolute atomic E-state index is 10.8. The molecule has 0 atom stereocenters. The van der Waals surface area contributed by atoms with E-state index >= 15 is 0 Å². The lowest BCUT2D eigenvalue weighted by atomic mass is 10.2. The summed E-state index contributed by atoms with van der Waals surface area (Å²) in [7, 11) is 0. The fourth-order valence-corrected chi connectivity index (χ4v) is 3.32. The van der Waals surface area contributed by atoms with Crippen molar-refractivity contribution in [3.05, 3.63) is 101 Å². The third-order valence-corrected chi connectivity index (χ3v) is 4.74. The van der Waals surface area contributed by atoms with Gasteiger partial charge in [0.15, 0.2) is 0 Å². The van der Waals surface area contributed by atoms with Crippen LogP contribution in [0.2, 0.25) is 0 Å². The molecule has 29 heavy (non-hydrogen) atoms. The first-order valence-corrected chi connectivity index (χ1v) is 9.03. The number of rotatable bonds is 4. The Hall–Kier alpha value is -4.26. The summed E-state index contributed by atoms with van der Waals surface area (Å²) in [5, 5.41) is 15.4. The SMILES string of the molecule is O=[N+]([O-])c1ccc(/C=N\n2c3ccccc3n3cc(-c4ccccc4)nc23)cc1. The van der Waals surface area contributed by atoms with Crippen molar-refractivity contribution in [3.63, 3.8) is 0 Å². The van der Waals surface area contributed by atoms with Gasteiger partial charge in [-0.1, -0.05) is 42.5 Å². The van der Waals surface area contributed by atoms with Gasteiger partial charge in [-0.3, -0.25) is 14.5 Å². The third-order valence-electron chi connectivity index (χ3n) is 4.74. The molecule has 0 aliphatic carbocycles. The van der Waals surface area contributed by atoms with Gasteiger partial charge < -0.3 is 0 Å². The molecule has 0 aliphatic heterocycles. The summed E-state index contributed by atoms with van der Waals surface area (Å²) < 4.78 is 3.80. The fraction of sp³-hybridized carbons (Fsp3) is 0. The molecular formula is C22H15N5O2. The lowest BCUT2D eigenvalue weighted by Crippen LogP contribution is -1.93. The molecule has 140 valence electrons. The molecule has 7 nitrogen and oxygen atoms in total. The highest BCUT2D eigenvalue weighted by molar-refractivity contribution is 5.85. The van der Waals surface area contributed by atoms with Gasteiger partial charge in [0.2, 0.25) is 5.78 Å². The van der Waals surface area contributed by atoms with Gasteiger partial charge in [0.1, 0.15) is 0 Å². The van der Waals surface area contributed by atoms with Gasteiger partial charge in [-0.2, -0.15) is 9.78 Å². The van der Waals surface area contributed by atoms with E-state index in [9.17, 15) is 10.1 Å². The molecule has 0 aliphatic rings. The maximum atomic E-state index is 10.8. The molecule has 0 radical (unpaired) electrons. The monoisotopic (exact) mass is 381 g/mol. The Kier molecular flexibility index (Phi) is 3.91. The molecule has 3 aromatic carbocycles. The number of nitrogens with zero attached hydrogens (tertiary/aromatic N) is 5. The van der Waals surface area contributed by atoms with Crippen LogP contribution in [0.25, 0.3) is 28.1 Å². The van der Waals surface area contributed by atoms with Gasteiger partial charge in [0.05, 0.1) is 27.9 Å². The molecule has 2 aromatic heterocycles. The predicted octanol–water partition coefficient (Wildman–Crippen LogP) is 4.75. The number of fused-ring (bicyclic) bond motifs is 3. The lowest BCUT2D eigenvalue weighted by molar-refractivity contribution is -0.384. The number of hydrogen-bond acceptors (Lipinski definition) is 4. The zero-order valence-electron chi connectivity index (χ0n) is 15.2. The molecule has 0 N–H and O–H groups in total. The number of hydrogen-bond donors (Lipinski definition) is 0.